The van der Waals surface area contributed by atoms with Crippen molar-refractivity contribution in [3.63, 3.8) is 0 Å². The van der Waals surface area contributed by atoms with E-state index in [9.17, 15) is 4.79 Å². The van der Waals surface area contributed by atoms with Crippen molar-refractivity contribution in [1.29, 1.82) is 0 Å². The lowest BCUT2D eigenvalue weighted by Gasteiger charge is -2.30. The Morgan fingerprint density at radius 2 is 2.26 bits per heavy atom. The first kappa shape index (κ1) is 14.5. The van der Waals surface area contributed by atoms with Crippen molar-refractivity contribution in [3.8, 4) is 5.75 Å². The van der Waals surface area contributed by atoms with Crippen LogP contribution in [0.3, 0.4) is 0 Å². The van der Waals surface area contributed by atoms with Gasteiger partial charge in [0, 0.05) is 13.1 Å². The molecule has 1 amide bonds. The van der Waals surface area contributed by atoms with E-state index in [0.717, 1.165) is 19.5 Å². The Balaban J connectivity index is 1.91. The summed E-state index contributed by atoms with van der Waals surface area (Å²) in [6, 6.07) is 5.14. The summed E-state index contributed by atoms with van der Waals surface area (Å²) in [5.41, 5.74) is 0. The average Bonchev–Trinajstić information content (AvgIpc) is 2.40. The maximum atomic E-state index is 12.0. The molecule has 1 fully saturated rings. The largest absolute Gasteiger partial charge is 0.482 e. The lowest BCUT2D eigenvalue weighted by molar-refractivity contribution is -0.135. The highest BCUT2D eigenvalue weighted by Gasteiger charge is 2.21. The Morgan fingerprint density at radius 1 is 1.47 bits per heavy atom. The second kappa shape index (κ2) is 6.49. The van der Waals surface area contributed by atoms with Gasteiger partial charge in [0.1, 0.15) is 10.8 Å². The minimum atomic E-state index is 0.00240. The Kier molecular flexibility index (Phi) is 4.94. The SMILES string of the molecule is C[C@@H]1CCCN(C(=O)COc2cccc(Cl)c2Cl)C1. The van der Waals surface area contributed by atoms with Crippen LogP contribution in [-0.4, -0.2) is 30.5 Å². The van der Waals surface area contributed by atoms with Gasteiger partial charge in [-0.15, -0.1) is 0 Å². The number of piperidine rings is 1. The number of carbonyl (C=O) groups excluding carboxylic acids is 1. The second-order valence-electron chi connectivity index (χ2n) is 4.93. The molecule has 1 aromatic rings. The third-order valence-electron chi connectivity index (χ3n) is 3.28. The van der Waals surface area contributed by atoms with Crippen molar-refractivity contribution in [2.24, 2.45) is 5.92 Å². The number of rotatable bonds is 3. The van der Waals surface area contributed by atoms with E-state index in [1.165, 1.54) is 6.42 Å². The molecule has 1 aliphatic heterocycles. The number of amides is 1. The molecule has 1 aliphatic rings. The number of likely N-dealkylation sites (tertiary alicyclic amines) is 1. The predicted octanol–water partition coefficient (Wildman–Crippen LogP) is 3.63. The maximum Gasteiger partial charge on any atom is 0.260 e. The van der Waals surface area contributed by atoms with Crippen LogP contribution >= 0.6 is 23.2 Å². The Bertz CT molecular complexity index is 465. The van der Waals surface area contributed by atoms with E-state index in [0.29, 0.717) is 21.7 Å². The Morgan fingerprint density at radius 3 is 3.00 bits per heavy atom. The highest BCUT2D eigenvalue weighted by atomic mass is 35.5. The van der Waals surface area contributed by atoms with Crippen molar-refractivity contribution in [3.05, 3.63) is 28.2 Å². The van der Waals surface area contributed by atoms with E-state index in [4.69, 9.17) is 27.9 Å². The molecule has 19 heavy (non-hydrogen) atoms. The van der Waals surface area contributed by atoms with Gasteiger partial charge in [-0.1, -0.05) is 36.2 Å². The molecule has 1 atom stereocenters. The smallest absolute Gasteiger partial charge is 0.260 e. The molecular formula is C14H17Cl2NO2. The summed E-state index contributed by atoms with van der Waals surface area (Å²) in [7, 11) is 0. The van der Waals surface area contributed by atoms with Crippen molar-refractivity contribution in [2.75, 3.05) is 19.7 Å². The van der Waals surface area contributed by atoms with Crippen LogP contribution in [0.1, 0.15) is 19.8 Å². The summed E-state index contributed by atoms with van der Waals surface area (Å²) in [4.78, 5) is 13.9. The predicted molar refractivity (Wildman–Crippen MR) is 76.9 cm³/mol. The van der Waals surface area contributed by atoms with Gasteiger partial charge in [-0.3, -0.25) is 4.79 Å². The Hall–Kier alpha value is -0.930. The fourth-order valence-electron chi connectivity index (χ4n) is 2.24. The first-order chi connectivity index (χ1) is 9.08. The van der Waals surface area contributed by atoms with Crippen molar-refractivity contribution in [2.45, 2.75) is 19.8 Å². The number of hydrogen-bond acceptors (Lipinski definition) is 2. The first-order valence-corrected chi connectivity index (χ1v) is 7.18. The van der Waals surface area contributed by atoms with Crippen molar-refractivity contribution in [1.82, 2.24) is 4.90 Å². The van der Waals surface area contributed by atoms with Crippen LogP contribution in [0.4, 0.5) is 0 Å². The van der Waals surface area contributed by atoms with Gasteiger partial charge in [0.2, 0.25) is 0 Å². The van der Waals surface area contributed by atoms with Crippen LogP contribution < -0.4 is 4.74 Å². The molecular weight excluding hydrogens is 285 g/mol. The van der Waals surface area contributed by atoms with Crippen LogP contribution in [-0.2, 0) is 4.79 Å². The molecule has 5 heteroatoms. The van der Waals surface area contributed by atoms with Gasteiger partial charge in [-0.05, 0) is 30.9 Å². The minimum absolute atomic E-state index is 0.00240. The topological polar surface area (TPSA) is 29.5 Å². The number of nitrogens with zero attached hydrogens (tertiary/aromatic N) is 1. The second-order valence-corrected chi connectivity index (χ2v) is 5.71. The third kappa shape index (κ3) is 3.77. The number of halogens is 2. The van der Waals surface area contributed by atoms with Gasteiger partial charge in [0.05, 0.1) is 5.02 Å². The van der Waals surface area contributed by atoms with Crippen LogP contribution in [0.25, 0.3) is 0 Å². The van der Waals surface area contributed by atoms with E-state index in [2.05, 4.69) is 6.92 Å². The normalized spacial score (nSPS) is 19.3. The molecule has 0 radical (unpaired) electrons. The van der Waals surface area contributed by atoms with Gasteiger partial charge in [-0.25, -0.2) is 0 Å². The monoisotopic (exact) mass is 301 g/mol. The van der Waals surface area contributed by atoms with Gasteiger partial charge in [0.25, 0.3) is 5.91 Å². The van der Waals surface area contributed by atoms with E-state index < -0.39 is 0 Å². The highest BCUT2D eigenvalue weighted by Crippen LogP contribution is 2.31. The van der Waals surface area contributed by atoms with Crippen LogP contribution in [0.15, 0.2) is 18.2 Å². The minimum Gasteiger partial charge on any atom is -0.482 e. The molecule has 0 unspecified atom stereocenters. The molecule has 1 aromatic carbocycles. The number of ether oxygens (including phenoxy) is 1. The van der Waals surface area contributed by atoms with Gasteiger partial charge in [-0.2, -0.15) is 0 Å². The molecule has 0 bridgehead atoms. The zero-order valence-electron chi connectivity index (χ0n) is 10.9. The number of benzene rings is 1. The fraction of sp³-hybridized carbons (Fsp3) is 0.500. The fourth-order valence-corrected chi connectivity index (χ4v) is 2.59. The lowest BCUT2D eigenvalue weighted by Crippen LogP contribution is -2.41. The van der Waals surface area contributed by atoms with Crippen LogP contribution in [0.2, 0.25) is 10.0 Å². The molecule has 1 heterocycles. The third-order valence-corrected chi connectivity index (χ3v) is 4.08. The highest BCUT2D eigenvalue weighted by molar-refractivity contribution is 6.42. The molecule has 2 rings (SSSR count). The zero-order valence-corrected chi connectivity index (χ0v) is 12.4. The van der Waals surface area contributed by atoms with E-state index in [1.54, 1.807) is 18.2 Å². The van der Waals surface area contributed by atoms with Crippen LogP contribution in [0, 0.1) is 5.92 Å². The molecule has 0 aliphatic carbocycles. The molecule has 0 spiro atoms. The summed E-state index contributed by atoms with van der Waals surface area (Å²) in [6.45, 7) is 3.79. The summed E-state index contributed by atoms with van der Waals surface area (Å²) < 4.78 is 5.46. The molecule has 3 nitrogen and oxygen atoms in total. The van der Waals surface area contributed by atoms with Crippen LogP contribution in [0.5, 0.6) is 5.75 Å². The van der Waals surface area contributed by atoms with E-state index in [-0.39, 0.29) is 12.5 Å². The number of carbonyl (C=O) groups is 1. The molecule has 1 saturated heterocycles. The lowest BCUT2D eigenvalue weighted by atomic mass is 10.0. The van der Waals surface area contributed by atoms with E-state index >= 15 is 0 Å². The Labute approximate surface area is 123 Å². The maximum absolute atomic E-state index is 12.0. The molecule has 0 N–H and O–H groups in total. The summed E-state index contributed by atoms with van der Waals surface area (Å²) in [5.74, 6) is 1.02. The first-order valence-electron chi connectivity index (χ1n) is 6.42. The average molecular weight is 302 g/mol. The summed E-state index contributed by atoms with van der Waals surface area (Å²) in [6.07, 6.45) is 2.25. The van der Waals surface area contributed by atoms with Crippen molar-refractivity contribution < 1.29 is 9.53 Å². The van der Waals surface area contributed by atoms with Gasteiger partial charge in [0.15, 0.2) is 6.61 Å². The standard InChI is InChI=1S/C14H17Cl2NO2/c1-10-4-3-7-17(8-10)13(18)9-19-12-6-2-5-11(15)14(12)16/h2,5-6,10H,3-4,7-9H2,1H3/t10-/m1/s1. The summed E-state index contributed by atoms with van der Waals surface area (Å²) in [5, 5.41) is 0.780. The molecule has 0 saturated carbocycles. The van der Waals surface area contributed by atoms with Gasteiger partial charge >= 0.3 is 0 Å². The number of hydrogen-bond donors (Lipinski definition) is 0. The van der Waals surface area contributed by atoms with Gasteiger partial charge < -0.3 is 9.64 Å². The molecule has 0 aromatic heterocycles. The van der Waals surface area contributed by atoms with Crippen molar-refractivity contribution >= 4 is 29.1 Å². The molecule has 104 valence electrons. The summed E-state index contributed by atoms with van der Waals surface area (Å²) >= 11 is 11.9. The van der Waals surface area contributed by atoms with E-state index in [1.807, 2.05) is 4.90 Å². The quantitative estimate of drug-likeness (QED) is 0.853. The zero-order chi connectivity index (χ0) is 13.8.